The van der Waals surface area contributed by atoms with E-state index in [1.807, 2.05) is 12.1 Å². The third kappa shape index (κ3) is 4.86. The van der Waals surface area contributed by atoms with Crippen molar-refractivity contribution in [2.75, 3.05) is 12.5 Å². The molecule has 6 heteroatoms. The molecule has 0 heterocycles. The van der Waals surface area contributed by atoms with E-state index in [9.17, 15) is 4.79 Å². The van der Waals surface area contributed by atoms with Crippen LogP contribution >= 0.6 is 11.6 Å². The number of nitrogens with zero attached hydrogens (tertiary/aromatic N) is 2. The molecule has 5 nitrogen and oxygen atoms in total. The quantitative estimate of drug-likeness (QED) is 0.452. The molecular formula is C16H15ClN2O3. The Morgan fingerprint density at radius 1 is 1.00 bits per heavy atom. The van der Waals surface area contributed by atoms with Crippen LogP contribution < -0.4 is 4.74 Å². The largest absolute Gasteiger partial charge is 0.494 e. The number of hydrogen-bond donors (Lipinski definition) is 1. The Balaban J connectivity index is 1.96. The van der Waals surface area contributed by atoms with Gasteiger partial charge in [0, 0.05) is 5.88 Å². The van der Waals surface area contributed by atoms with Gasteiger partial charge < -0.3 is 9.84 Å². The molecule has 0 fully saturated rings. The zero-order valence-corrected chi connectivity index (χ0v) is 12.5. The van der Waals surface area contributed by atoms with Crippen molar-refractivity contribution in [3.8, 4) is 5.75 Å². The van der Waals surface area contributed by atoms with Gasteiger partial charge in [0.05, 0.1) is 23.5 Å². The predicted octanol–water partition coefficient (Wildman–Crippen LogP) is 4.81. The van der Waals surface area contributed by atoms with Crippen LogP contribution in [0.1, 0.15) is 16.8 Å². The normalized spacial score (nSPS) is 10.8. The van der Waals surface area contributed by atoms with Gasteiger partial charge in [-0.25, -0.2) is 4.79 Å². The van der Waals surface area contributed by atoms with E-state index in [4.69, 9.17) is 21.4 Å². The second kappa shape index (κ2) is 8.14. The number of carboxylic acids is 1. The van der Waals surface area contributed by atoms with Crippen LogP contribution in [0.3, 0.4) is 0 Å². The summed E-state index contributed by atoms with van der Waals surface area (Å²) < 4.78 is 5.49. The fourth-order valence-corrected chi connectivity index (χ4v) is 1.75. The average molecular weight is 319 g/mol. The summed E-state index contributed by atoms with van der Waals surface area (Å²) in [6.07, 6.45) is 0.801. The molecule has 0 unspecified atom stereocenters. The predicted molar refractivity (Wildman–Crippen MR) is 84.9 cm³/mol. The zero-order chi connectivity index (χ0) is 15.8. The molecule has 2 aromatic carbocycles. The van der Waals surface area contributed by atoms with Crippen molar-refractivity contribution >= 4 is 28.9 Å². The summed E-state index contributed by atoms with van der Waals surface area (Å²) in [5.74, 6) is 0.371. The van der Waals surface area contributed by atoms with E-state index in [0.717, 1.165) is 12.2 Å². The highest BCUT2D eigenvalue weighted by molar-refractivity contribution is 6.17. The van der Waals surface area contributed by atoms with Gasteiger partial charge in [0.1, 0.15) is 5.75 Å². The zero-order valence-electron chi connectivity index (χ0n) is 11.8. The van der Waals surface area contributed by atoms with E-state index in [1.165, 1.54) is 12.1 Å². The van der Waals surface area contributed by atoms with Crippen molar-refractivity contribution in [2.45, 2.75) is 6.42 Å². The molecule has 0 radical (unpaired) electrons. The summed E-state index contributed by atoms with van der Waals surface area (Å²) in [4.78, 5) is 10.7. The van der Waals surface area contributed by atoms with Crippen LogP contribution in [0.4, 0.5) is 11.4 Å². The second-order valence-electron chi connectivity index (χ2n) is 4.44. The van der Waals surface area contributed by atoms with E-state index in [0.29, 0.717) is 23.9 Å². The van der Waals surface area contributed by atoms with Crippen molar-refractivity contribution in [2.24, 2.45) is 10.2 Å². The van der Waals surface area contributed by atoms with Crippen molar-refractivity contribution in [3.05, 3.63) is 54.1 Å². The molecule has 2 aromatic rings. The highest BCUT2D eigenvalue weighted by Gasteiger charge is 2.01. The fourth-order valence-electron chi connectivity index (χ4n) is 1.64. The summed E-state index contributed by atoms with van der Waals surface area (Å²) in [7, 11) is 0. The van der Waals surface area contributed by atoms with Crippen LogP contribution in [0.15, 0.2) is 58.8 Å². The smallest absolute Gasteiger partial charge is 0.335 e. The van der Waals surface area contributed by atoms with Crippen molar-refractivity contribution in [1.82, 2.24) is 0 Å². The number of carboxylic acid groups (broad SMARTS) is 1. The molecule has 0 spiro atoms. The van der Waals surface area contributed by atoms with E-state index in [-0.39, 0.29) is 5.56 Å². The molecule has 114 valence electrons. The third-order valence-electron chi connectivity index (χ3n) is 2.78. The van der Waals surface area contributed by atoms with Gasteiger partial charge in [-0.05, 0) is 55.0 Å². The maximum atomic E-state index is 10.7. The molecular weight excluding hydrogens is 304 g/mol. The first kappa shape index (κ1) is 16.0. The van der Waals surface area contributed by atoms with Crippen LogP contribution in [-0.2, 0) is 0 Å². The van der Waals surface area contributed by atoms with E-state index >= 15 is 0 Å². The number of aromatic carboxylic acids is 1. The fraction of sp³-hybridized carbons (Fsp3) is 0.188. The summed E-state index contributed by atoms with van der Waals surface area (Å²) >= 11 is 5.58. The van der Waals surface area contributed by atoms with Crippen LogP contribution in [-0.4, -0.2) is 23.6 Å². The minimum Gasteiger partial charge on any atom is -0.494 e. The van der Waals surface area contributed by atoms with Crippen LogP contribution in [0, 0.1) is 0 Å². The van der Waals surface area contributed by atoms with Crippen molar-refractivity contribution in [1.29, 1.82) is 0 Å². The summed E-state index contributed by atoms with van der Waals surface area (Å²) in [5, 5.41) is 17.0. The molecule has 0 saturated carbocycles. The Kier molecular flexibility index (Phi) is 5.91. The standard InChI is InChI=1S/C16H15ClN2O3/c17-10-1-11-22-15-8-6-14(7-9-15)19-18-13-4-2-12(3-5-13)16(20)21/h2-9H,1,10-11H2,(H,20,21). The molecule has 0 aliphatic carbocycles. The summed E-state index contributed by atoms with van der Waals surface area (Å²) in [5.41, 5.74) is 1.50. The molecule has 2 rings (SSSR count). The lowest BCUT2D eigenvalue weighted by atomic mass is 10.2. The van der Waals surface area contributed by atoms with Gasteiger partial charge in [0.25, 0.3) is 0 Å². The first-order valence-electron chi connectivity index (χ1n) is 6.73. The maximum absolute atomic E-state index is 10.7. The van der Waals surface area contributed by atoms with Crippen molar-refractivity contribution in [3.63, 3.8) is 0 Å². The van der Waals surface area contributed by atoms with Gasteiger partial charge in [-0.2, -0.15) is 10.2 Å². The first-order valence-corrected chi connectivity index (χ1v) is 7.26. The number of rotatable bonds is 7. The van der Waals surface area contributed by atoms with Gasteiger partial charge in [-0.1, -0.05) is 0 Å². The van der Waals surface area contributed by atoms with Gasteiger partial charge >= 0.3 is 5.97 Å². The molecule has 0 amide bonds. The lowest BCUT2D eigenvalue weighted by Gasteiger charge is -2.04. The Morgan fingerprint density at radius 2 is 1.55 bits per heavy atom. The first-order chi connectivity index (χ1) is 10.7. The molecule has 0 aliphatic rings. The number of carbonyl (C=O) groups is 1. The van der Waals surface area contributed by atoms with Crippen molar-refractivity contribution < 1.29 is 14.6 Å². The monoisotopic (exact) mass is 318 g/mol. The van der Waals surface area contributed by atoms with Crippen LogP contribution in [0.2, 0.25) is 0 Å². The number of azo groups is 1. The Hall–Kier alpha value is -2.40. The average Bonchev–Trinajstić information content (AvgIpc) is 2.55. The van der Waals surface area contributed by atoms with E-state index < -0.39 is 5.97 Å². The van der Waals surface area contributed by atoms with Gasteiger partial charge in [-0.15, -0.1) is 11.6 Å². The molecule has 0 atom stereocenters. The number of alkyl halides is 1. The minimum atomic E-state index is -0.965. The van der Waals surface area contributed by atoms with Crippen LogP contribution in [0.25, 0.3) is 0 Å². The van der Waals surface area contributed by atoms with E-state index in [2.05, 4.69) is 10.2 Å². The van der Waals surface area contributed by atoms with Crippen LogP contribution in [0.5, 0.6) is 5.75 Å². The van der Waals surface area contributed by atoms with Gasteiger partial charge in [0.15, 0.2) is 0 Å². The van der Waals surface area contributed by atoms with E-state index in [1.54, 1.807) is 24.3 Å². The molecule has 22 heavy (non-hydrogen) atoms. The summed E-state index contributed by atoms with van der Waals surface area (Å²) in [6.45, 7) is 0.584. The second-order valence-corrected chi connectivity index (χ2v) is 4.81. The SMILES string of the molecule is O=C(O)c1ccc(N=Nc2ccc(OCCCCl)cc2)cc1. The highest BCUT2D eigenvalue weighted by Crippen LogP contribution is 2.21. The summed E-state index contributed by atoms with van der Waals surface area (Å²) in [6, 6.07) is 13.4. The third-order valence-corrected chi connectivity index (χ3v) is 3.05. The minimum absolute atomic E-state index is 0.220. The highest BCUT2D eigenvalue weighted by atomic mass is 35.5. The number of halogens is 1. The number of benzene rings is 2. The number of ether oxygens (including phenoxy) is 1. The Labute approximate surface area is 133 Å². The lowest BCUT2D eigenvalue weighted by Crippen LogP contribution is -1.97. The Bertz CT molecular complexity index is 639. The van der Waals surface area contributed by atoms with Gasteiger partial charge in [-0.3, -0.25) is 0 Å². The molecule has 0 bridgehead atoms. The number of hydrogen-bond acceptors (Lipinski definition) is 4. The molecule has 0 aromatic heterocycles. The maximum Gasteiger partial charge on any atom is 0.335 e. The van der Waals surface area contributed by atoms with Gasteiger partial charge in [0.2, 0.25) is 0 Å². The molecule has 0 saturated heterocycles. The Morgan fingerprint density at radius 3 is 2.05 bits per heavy atom. The topological polar surface area (TPSA) is 71.2 Å². The lowest BCUT2D eigenvalue weighted by molar-refractivity contribution is 0.0697. The molecule has 0 aliphatic heterocycles. The molecule has 1 N–H and O–H groups in total.